The number of aryl methyl sites for hydroxylation is 2. The van der Waals surface area contributed by atoms with Crippen molar-refractivity contribution in [2.75, 3.05) is 6.61 Å². The van der Waals surface area contributed by atoms with E-state index in [1.807, 2.05) is 31.4 Å². The number of aromatic nitrogens is 1. The number of ether oxygens (including phenoxy) is 1. The largest absolute Gasteiger partial charge is 0.467 e. The van der Waals surface area contributed by atoms with Crippen molar-refractivity contribution in [3.05, 3.63) is 93.0 Å². The van der Waals surface area contributed by atoms with Gasteiger partial charge in [-0.05, 0) is 51.1 Å². The average Bonchev–Trinajstić information content (AvgIpc) is 3.36. The van der Waals surface area contributed by atoms with Crippen LogP contribution in [0.5, 0.6) is 0 Å². The van der Waals surface area contributed by atoms with Crippen LogP contribution in [-0.2, 0) is 11.3 Å². The molecule has 3 heterocycles. The van der Waals surface area contributed by atoms with E-state index >= 15 is 0 Å². The number of nitrogens with zero attached hydrogens (tertiary/aromatic N) is 1. The average molecular weight is 419 g/mol. The third-order valence-electron chi connectivity index (χ3n) is 5.19. The van der Waals surface area contributed by atoms with E-state index in [2.05, 4.69) is 0 Å². The molecule has 0 N–H and O–H groups in total. The van der Waals surface area contributed by atoms with Crippen LogP contribution in [0.2, 0.25) is 0 Å². The number of fused-ring (bicyclic) bond motifs is 1. The minimum atomic E-state index is -0.864. The molecule has 0 aliphatic rings. The first-order chi connectivity index (χ1) is 14.8. The molecule has 0 spiro atoms. The summed E-state index contributed by atoms with van der Waals surface area (Å²) in [5, 5.41) is 0.386. The van der Waals surface area contributed by atoms with E-state index in [0.717, 1.165) is 28.8 Å². The van der Waals surface area contributed by atoms with Crippen molar-refractivity contribution < 1.29 is 23.2 Å². The van der Waals surface area contributed by atoms with Crippen molar-refractivity contribution in [3.8, 4) is 0 Å². The summed E-state index contributed by atoms with van der Waals surface area (Å²) in [6, 6.07) is 11.6. The topological polar surface area (TPSA) is 91.7 Å². The van der Waals surface area contributed by atoms with Gasteiger partial charge in [0.15, 0.2) is 12.0 Å². The fraction of sp³-hybridized carbons (Fsp3) is 0.208. The second-order valence-electron chi connectivity index (χ2n) is 7.42. The third kappa shape index (κ3) is 4.07. The Balaban J connectivity index is 1.49. The van der Waals surface area contributed by atoms with Crippen molar-refractivity contribution >= 4 is 22.7 Å². The van der Waals surface area contributed by atoms with Gasteiger partial charge in [-0.1, -0.05) is 11.6 Å². The molecule has 0 unspecified atom stereocenters. The van der Waals surface area contributed by atoms with Crippen LogP contribution in [0, 0.1) is 20.8 Å². The van der Waals surface area contributed by atoms with Gasteiger partial charge >= 0.3 is 5.97 Å². The summed E-state index contributed by atoms with van der Waals surface area (Å²) >= 11 is 0. The van der Waals surface area contributed by atoms with E-state index < -0.39 is 12.6 Å². The van der Waals surface area contributed by atoms with Crippen LogP contribution in [-0.4, -0.2) is 22.9 Å². The zero-order valence-corrected chi connectivity index (χ0v) is 17.4. The highest BCUT2D eigenvalue weighted by Crippen LogP contribution is 2.19. The molecular formula is C24H21NO6. The van der Waals surface area contributed by atoms with Crippen molar-refractivity contribution in [1.29, 1.82) is 0 Å². The van der Waals surface area contributed by atoms with Crippen LogP contribution in [0.15, 0.2) is 62.4 Å². The van der Waals surface area contributed by atoms with E-state index in [9.17, 15) is 14.4 Å². The monoisotopic (exact) mass is 419 g/mol. The van der Waals surface area contributed by atoms with E-state index in [4.69, 9.17) is 13.6 Å². The second kappa shape index (κ2) is 8.10. The Morgan fingerprint density at radius 3 is 2.61 bits per heavy atom. The van der Waals surface area contributed by atoms with Crippen molar-refractivity contribution in [3.63, 3.8) is 0 Å². The van der Waals surface area contributed by atoms with Crippen molar-refractivity contribution in [2.24, 2.45) is 0 Å². The lowest BCUT2D eigenvalue weighted by molar-refractivity contribution is 0.0444. The number of benzene rings is 1. The van der Waals surface area contributed by atoms with Crippen molar-refractivity contribution in [1.82, 2.24) is 4.57 Å². The summed E-state index contributed by atoms with van der Waals surface area (Å²) in [4.78, 5) is 37.4. The number of ketones is 1. The van der Waals surface area contributed by atoms with Gasteiger partial charge in [0.05, 0.1) is 18.2 Å². The molecule has 0 saturated carbocycles. The van der Waals surface area contributed by atoms with Gasteiger partial charge < -0.3 is 18.1 Å². The zero-order chi connectivity index (χ0) is 22.1. The first kappa shape index (κ1) is 20.4. The van der Waals surface area contributed by atoms with Crippen LogP contribution in [0.25, 0.3) is 11.0 Å². The maximum atomic E-state index is 12.7. The Morgan fingerprint density at radius 1 is 1.06 bits per heavy atom. The molecule has 0 atom stereocenters. The van der Waals surface area contributed by atoms with Gasteiger partial charge in [0, 0.05) is 23.0 Å². The summed E-state index contributed by atoms with van der Waals surface area (Å²) in [6.07, 6.45) is 1.60. The zero-order valence-electron chi connectivity index (χ0n) is 17.4. The molecule has 0 aliphatic carbocycles. The number of hydrogen-bond donors (Lipinski definition) is 0. The van der Waals surface area contributed by atoms with Gasteiger partial charge in [-0.3, -0.25) is 9.59 Å². The lowest BCUT2D eigenvalue weighted by Gasteiger charge is -2.08. The molecular weight excluding hydrogens is 398 g/mol. The Morgan fingerprint density at radius 2 is 1.87 bits per heavy atom. The molecule has 0 amide bonds. The smallest absolute Gasteiger partial charge is 0.374 e. The minimum Gasteiger partial charge on any atom is -0.467 e. The highest BCUT2D eigenvalue weighted by atomic mass is 16.5. The van der Waals surface area contributed by atoms with E-state index in [0.29, 0.717) is 17.5 Å². The van der Waals surface area contributed by atoms with E-state index in [1.165, 1.54) is 0 Å². The van der Waals surface area contributed by atoms with Gasteiger partial charge in [-0.2, -0.15) is 0 Å². The van der Waals surface area contributed by atoms with E-state index in [-0.39, 0.29) is 22.6 Å². The van der Waals surface area contributed by atoms with Crippen LogP contribution < -0.4 is 5.43 Å². The minimum absolute atomic E-state index is 0.238. The molecule has 4 rings (SSSR count). The number of Topliss-reactive ketones (excluding diaryl/α,β-unsaturated/α-hetero) is 1. The molecule has 0 radical (unpaired) electrons. The van der Waals surface area contributed by atoms with Crippen LogP contribution >= 0.6 is 0 Å². The SMILES string of the molecule is Cc1ccc2oc(C(=O)OCC(=O)c3cc(C)n(Cc4ccco4)c3C)cc(=O)c2c1. The molecule has 3 aromatic heterocycles. The predicted octanol–water partition coefficient (Wildman–Crippen LogP) is 4.20. The van der Waals surface area contributed by atoms with Gasteiger partial charge in [0.1, 0.15) is 11.3 Å². The number of furan rings is 1. The Hall–Kier alpha value is -3.87. The molecule has 0 saturated heterocycles. The highest BCUT2D eigenvalue weighted by molar-refractivity contribution is 6.00. The highest BCUT2D eigenvalue weighted by Gasteiger charge is 2.20. The lowest BCUT2D eigenvalue weighted by Crippen LogP contribution is -2.16. The van der Waals surface area contributed by atoms with Gasteiger partial charge in [0.25, 0.3) is 0 Å². The first-order valence-corrected chi connectivity index (χ1v) is 9.77. The van der Waals surface area contributed by atoms with E-state index in [1.54, 1.807) is 36.6 Å². The summed E-state index contributed by atoms with van der Waals surface area (Å²) in [5.74, 6) is -0.672. The summed E-state index contributed by atoms with van der Waals surface area (Å²) < 4.78 is 18.0. The molecule has 1 aromatic carbocycles. The Kier molecular flexibility index (Phi) is 5.33. The van der Waals surface area contributed by atoms with Crippen LogP contribution in [0.1, 0.15) is 43.6 Å². The van der Waals surface area contributed by atoms with Gasteiger partial charge in [-0.15, -0.1) is 0 Å². The second-order valence-corrected chi connectivity index (χ2v) is 7.42. The fourth-order valence-electron chi connectivity index (χ4n) is 3.54. The standard InChI is InChI=1S/C24H21NO6/c1-14-6-7-22-19(9-14)20(26)11-23(31-22)24(28)30-13-21(27)18-10-15(2)25(16(18)3)12-17-5-4-8-29-17/h4-11H,12-13H2,1-3H3. The first-order valence-electron chi connectivity index (χ1n) is 9.77. The number of carbonyl (C=O) groups excluding carboxylic acids is 2. The van der Waals surface area contributed by atoms with Crippen LogP contribution in [0.4, 0.5) is 0 Å². The van der Waals surface area contributed by atoms with Crippen LogP contribution in [0.3, 0.4) is 0 Å². The van der Waals surface area contributed by atoms with Gasteiger partial charge in [-0.25, -0.2) is 4.79 Å². The molecule has 4 aromatic rings. The third-order valence-corrected chi connectivity index (χ3v) is 5.19. The summed E-state index contributed by atoms with van der Waals surface area (Å²) in [6.45, 7) is 5.62. The summed E-state index contributed by atoms with van der Waals surface area (Å²) in [7, 11) is 0. The molecule has 0 aliphatic heterocycles. The Bertz CT molecular complexity index is 1340. The van der Waals surface area contributed by atoms with Crippen molar-refractivity contribution in [2.45, 2.75) is 27.3 Å². The summed E-state index contributed by atoms with van der Waals surface area (Å²) in [5.41, 5.74) is 2.96. The molecule has 0 bridgehead atoms. The molecule has 7 heteroatoms. The fourth-order valence-corrected chi connectivity index (χ4v) is 3.54. The normalized spacial score (nSPS) is 11.1. The predicted molar refractivity (Wildman–Crippen MR) is 114 cm³/mol. The quantitative estimate of drug-likeness (QED) is 0.344. The Labute approximate surface area is 177 Å². The number of carbonyl (C=O) groups is 2. The molecule has 7 nitrogen and oxygen atoms in total. The maximum absolute atomic E-state index is 12.7. The number of hydrogen-bond acceptors (Lipinski definition) is 6. The lowest BCUT2D eigenvalue weighted by atomic mass is 10.1. The molecule has 31 heavy (non-hydrogen) atoms. The molecule has 0 fully saturated rings. The maximum Gasteiger partial charge on any atom is 0.374 e. The molecule has 158 valence electrons. The van der Waals surface area contributed by atoms with Gasteiger partial charge in [0.2, 0.25) is 11.5 Å². The number of esters is 1. The number of rotatable bonds is 6.